The van der Waals surface area contributed by atoms with E-state index in [0.717, 1.165) is 0 Å². The van der Waals surface area contributed by atoms with Crippen LogP contribution in [0, 0.1) is 5.41 Å². The lowest BCUT2D eigenvalue weighted by molar-refractivity contribution is -0.179. The molecule has 0 rings (SSSR count). The summed E-state index contributed by atoms with van der Waals surface area (Å²) in [5, 5.41) is -0.0534. The highest BCUT2D eigenvalue weighted by molar-refractivity contribution is 7.98. The summed E-state index contributed by atoms with van der Waals surface area (Å²) >= 11 is 1.46. The minimum Gasteiger partial charge on any atom is -0.465 e. The molecule has 6 nitrogen and oxygen atoms in total. The van der Waals surface area contributed by atoms with Gasteiger partial charge in [-0.1, -0.05) is 20.8 Å². The zero-order valence-corrected chi connectivity index (χ0v) is 18.7. The molecule has 0 aromatic rings. The summed E-state index contributed by atoms with van der Waals surface area (Å²) < 4.78 is 22.0. The van der Waals surface area contributed by atoms with Crippen LogP contribution >= 0.6 is 11.8 Å². The number of hydrogen-bond acceptors (Lipinski definition) is 7. The summed E-state index contributed by atoms with van der Waals surface area (Å²) in [7, 11) is -2.18. The Bertz CT molecular complexity index is 415. The van der Waals surface area contributed by atoms with Gasteiger partial charge in [0.15, 0.2) is 8.32 Å². The van der Waals surface area contributed by atoms with Gasteiger partial charge in [0.25, 0.3) is 0 Å². The first-order valence-corrected chi connectivity index (χ1v) is 12.8. The standard InChI is InChI=1S/C17H34O6SSi/c1-9-21-14(18)17(11-20-13-24-6,15(19)22-10-2)12-23-25(7,8)16(3,4)5/h9-13H2,1-8H3. The Kier molecular flexibility index (Phi) is 10.3. The fraction of sp³-hybridized carbons (Fsp3) is 0.882. The van der Waals surface area contributed by atoms with Crippen LogP contribution in [0.1, 0.15) is 34.6 Å². The molecule has 0 aliphatic heterocycles. The Balaban J connectivity index is 5.64. The van der Waals surface area contributed by atoms with Crippen molar-refractivity contribution in [1.29, 1.82) is 0 Å². The molecule has 148 valence electrons. The summed E-state index contributed by atoms with van der Waals surface area (Å²) in [6.45, 7) is 13.9. The number of carbonyl (C=O) groups excluding carboxylic acids is 2. The molecule has 0 N–H and O–H groups in total. The van der Waals surface area contributed by atoms with Gasteiger partial charge in [-0.15, -0.1) is 11.8 Å². The molecule has 0 bridgehead atoms. The Morgan fingerprint density at radius 3 is 1.80 bits per heavy atom. The first-order valence-electron chi connectivity index (χ1n) is 8.53. The summed E-state index contributed by atoms with van der Waals surface area (Å²) in [5.74, 6) is -0.956. The maximum atomic E-state index is 12.7. The summed E-state index contributed by atoms with van der Waals surface area (Å²) in [6, 6.07) is 0. The van der Waals surface area contributed by atoms with Crippen molar-refractivity contribution in [1.82, 2.24) is 0 Å². The molecule has 0 fully saturated rings. The van der Waals surface area contributed by atoms with Gasteiger partial charge in [-0.2, -0.15) is 0 Å². The molecule has 0 unspecified atom stereocenters. The van der Waals surface area contributed by atoms with Gasteiger partial charge in [0, 0.05) is 0 Å². The molecule has 25 heavy (non-hydrogen) atoms. The second-order valence-corrected chi connectivity index (χ2v) is 12.9. The van der Waals surface area contributed by atoms with E-state index in [0.29, 0.717) is 5.94 Å². The number of thioether (sulfide) groups is 1. The van der Waals surface area contributed by atoms with Crippen molar-refractivity contribution in [3.8, 4) is 0 Å². The van der Waals surface area contributed by atoms with Crippen LogP contribution in [0.15, 0.2) is 0 Å². The van der Waals surface area contributed by atoms with E-state index >= 15 is 0 Å². The molecular weight excluding hydrogens is 360 g/mol. The molecule has 0 saturated heterocycles. The van der Waals surface area contributed by atoms with Gasteiger partial charge >= 0.3 is 11.9 Å². The van der Waals surface area contributed by atoms with Crippen LogP contribution in [-0.4, -0.2) is 58.9 Å². The lowest BCUT2D eigenvalue weighted by Crippen LogP contribution is -2.53. The van der Waals surface area contributed by atoms with Crippen molar-refractivity contribution < 1.29 is 28.2 Å². The molecule has 8 heteroatoms. The molecule has 0 amide bonds. The predicted octanol–water partition coefficient (Wildman–Crippen LogP) is 3.46. The molecule has 0 aliphatic rings. The number of hydrogen-bond donors (Lipinski definition) is 0. The quantitative estimate of drug-likeness (QED) is 0.175. The highest BCUT2D eigenvalue weighted by atomic mass is 32.2. The molecule has 0 aromatic heterocycles. The summed E-state index contributed by atoms with van der Waals surface area (Å²) in [5.41, 5.74) is -1.60. The van der Waals surface area contributed by atoms with Crippen LogP contribution in [-0.2, 0) is 28.2 Å². The number of esters is 2. The van der Waals surface area contributed by atoms with Crippen molar-refractivity contribution in [2.24, 2.45) is 5.41 Å². The third-order valence-electron chi connectivity index (χ3n) is 4.37. The monoisotopic (exact) mass is 394 g/mol. The Hall–Kier alpha value is -0.573. The summed E-state index contributed by atoms with van der Waals surface area (Å²) in [6.07, 6.45) is 1.88. The van der Waals surface area contributed by atoms with Crippen LogP contribution in [0.3, 0.4) is 0 Å². The fourth-order valence-corrected chi connectivity index (χ4v) is 3.01. The van der Waals surface area contributed by atoms with Crippen LogP contribution in [0.5, 0.6) is 0 Å². The first kappa shape index (κ1) is 24.4. The van der Waals surface area contributed by atoms with Gasteiger partial charge in [0.1, 0.15) is 0 Å². The van der Waals surface area contributed by atoms with Crippen molar-refractivity contribution >= 4 is 32.0 Å². The average molecular weight is 395 g/mol. The van der Waals surface area contributed by atoms with Gasteiger partial charge in [0.2, 0.25) is 5.41 Å². The minimum absolute atomic E-state index is 0.0534. The predicted molar refractivity (Wildman–Crippen MR) is 103 cm³/mol. The zero-order chi connectivity index (χ0) is 19.7. The normalized spacial score (nSPS) is 12.8. The van der Waals surface area contributed by atoms with E-state index in [2.05, 4.69) is 33.9 Å². The van der Waals surface area contributed by atoms with E-state index in [9.17, 15) is 9.59 Å². The molecular formula is C17H34O6SSi. The van der Waals surface area contributed by atoms with E-state index in [1.807, 2.05) is 6.26 Å². The van der Waals surface area contributed by atoms with Crippen molar-refractivity contribution in [3.05, 3.63) is 0 Å². The minimum atomic E-state index is -2.18. The topological polar surface area (TPSA) is 71.1 Å². The molecule has 0 heterocycles. The van der Waals surface area contributed by atoms with E-state index in [4.69, 9.17) is 18.6 Å². The van der Waals surface area contributed by atoms with Gasteiger partial charge in [-0.3, -0.25) is 9.59 Å². The molecule has 0 aromatic carbocycles. The SMILES string of the molecule is CCOC(=O)C(COCSC)(CO[Si](C)(C)C(C)(C)C)C(=O)OCC. The highest BCUT2D eigenvalue weighted by Crippen LogP contribution is 2.38. The number of ether oxygens (including phenoxy) is 3. The van der Waals surface area contributed by atoms with E-state index in [1.165, 1.54) is 11.8 Å². The zero-order valence-electron chi connectivity index (χ0n) is 16.9. The van der Waals surface area contributed by atoms with Crippen LogP contribution in [0.2, 0.25) is 18.1 Å². The lowest BCUT2D eigenvalue weighted by Gasteiger charge is -2.39. The molecule has 0 spiro atoms. The molecule has 0 saturated carbocycles. The molecule has 0 aliphatic carbocycles. The second-order valence-electron chi connectivity index (χ2n) is 7.33. The Morgan fingerprint density at radius 2 is 1.44 bits per heavy atom. The van der Waals surface area contributed by atoms with Gasteiger partial charge in [0.05, 0.1) is 32.4 Å². The van der Waals surface area contributed by atoms with E-state index in [1.54, 1.807) is 13.8 Å². The Labute approximate surface area is 157 Å². The van der Waals surface area contributed by atoms with Crippen LogP contribution in [0.4, 0.5) is 0 Å². The summed E-state index contributed by atoms with van der Waals surface area (Å²) in [4.78, 5) is 25.3. The van der Waals surface area contributed by atoms with E-state index in [-0.39, 0.29) is 31.5 Å². The number of rotatable bonds is 11. The van der Waals surface area contributed by atoms with Gasteiger partial charge in [-0.25, -0.2) is 0 Å². The number of carbonyl (C=O) groups is 2. The Morgan fingerprint density at radius 1 is 0.960 bits per heavy atom. The largest absolute Gasteiger partial charge is 0.465 e. The lowest BCUT2D eigenvalue weighted by atomic mass is 9.90. The third kappa shape index (κ3) is 6.92. The first-order chi connectivity index (χ1) is 11.5. The second kappa shape index (κ2) is 10.5. The van der Waals surface area contributed by atoms with Crippen LogP contribution < -0.4 is 0 Å². The molecule has 0 atom stereocenters. The van der Waals surface area contributed by atoms with Gasteiger partial charge < -0.3 is 18.6 Å². The highest BCUT2D eigenvalue weighted by Gasteiger charge is 2.52. The maximum Gasteiger partial charge on any atom is 0.328 e. The average Bonchev–Trinajstić information content (AvgIpc) is 2.50. The van der Waals surface area contributed by atoms with E-state index < -0.39 is 25.7 Å². The third-order valence-corrected chi connectivity index (χ3v) is 9.25. The molecule has 0 radical (unpaired) electrons. The van der Waals surface area contributed by atoms with Crippen molar-refractivity contribution in [2.45, 2.75) is 52.8 Å². The maximum absolute atomic E-state index is 12.7. The van der Waals surface area contributed by atoms with Crippen molar-refractivity contribution in [2.75, 3.05) is 38.6 Å². The smallest absolute Gasteiger partial charge is 0.328 e. The van der Waals surface area contributed by atoms with Crippen LogP contribution in [0.25, 0.3) is 0 Å². The van der Waals surface area contributed by atoms with Crippen molar-refractivity contribution in [3.63, 3.8) is 0 Å². The fourth-order valence-electron chi connectivity index (χ4n) is 1.72. The van der Waals surface area contributed by atoms with Gasteiger partial charge in [-0.05, 0) is 38.2 Å².